The van der Waals surface area contributed by atoms with Gasteiger partial charge in [-0.25, -0.2) is 4.39 Å². The first kappa shape index (κ1) is 18.7. The fourth-order valence-electron chi connectivity index (χ4n) is 5.90. The molecular weight excluding hydrogens is 365 g/mol. The van der Waals surface area contributed by atoms with E-state index in [1.807, 2.05) is 4.90 Å². The number of nitrogens with zero attached hydrogens (tertiary/aromatic N) is 3. The van der Waals surface area contributed by atoms with Crippen molar-refractivity contribution < 1.29 is 9.18 Å². The molecule has 2 aromatic rings. The summed E-state index contributed by atoms with van der Waals surface area (Å²) in [6, 6.07) is 13.5. The van der Waals surface area contributed by atoms with Gasteiger partial charge in [-0.15, -0.1) is 0 Å². The van der Waals surface area contributed by atoms with E-state index in [0.29, 0.717) is 23.9 Å². The van der Waals surface area contributed by atoms with E-state index in [2.05, 4.69) is 40.2 Å². The molecule has 4 nitrogen and oxygen atoms in total. The summed E-state index contributed by atoms with van der Waals surface area (Å²) >= 11 is 0. The van der Waals surface area contributed by atoms with Crippen molar-refractivity contribution in [3.05, 3.63) is 65.7 Å². The second-order valence-electron chi connectivity index (χ2n) is 8.97. The predicted octanol–water partition coefficient (Wildman–Crippen LogP) is 3.78. The number of amides is 1. The Morgan fingerprint density at radius 1 is 1.10 bits per heavy atom. The van der Waals surface area contributed by atoms with Gasteiger partial charge in [0.05, 0.1) is 11.8 Å². The Balaban J connectivity index is 1.32. The summed E-state index contributed by atoms with van der Waals surface area (Å²) in [6.07, 6.45) is 8.67. The minimum atomic E-state index is -0.518. The summed E-state index contributed by atoms with van der Waals surface area (Å²) < 4.78 is 14.1. The molecule has 0 N–H and O–H groups in total. The van der Waals surface area contributed by atoms with Crippen LogP contribution in [0.15, 0.2) is 48.8 Å². The van der Waals surface area contributed by atoms with Crippen LogP contribution in [-0.4, -0.2) is 52.4 Å². The molecule has 152 valence electrons. The Morgan fingerprint density at radius 2 is 1.97 bits per heavy atom. The maximum atomic E-state index is 14.1. The van der Waals surface area contributed by atoms with E-state index >= 15 is 0 Å². The number of pyridine rings is 1. The van der Waals surface area contributed by atoms with Gasteiger partial charge in [-0.05, 0) is 49.1 Å². The SMILES string of the molecule is O=C(c1ccncc1F)N1C[C@@H]2C[C@H](C1)[C@@H]1CCC[C@H](Cc3ccccc3)N1C2. The number of hydrogen-bond donors (Lipinski definition) is 0. The number of rotatable bonds is 3. The standard InChI is InChI=1S/C24H28FN3O/c25-22-13-26-10-9-21(22)24(29)27-14-18-11-19(16-27)23-8-4-7-20(28(23)15-18)12-17-5-2-1-3-6-17/h1-3,5-6,9-10,13,18-20,23H,4,7-8,11-12,14-16H2/t18-,19+,20+,23-/m0/s1. The van der Waals surface area contributed by atoms with Crippen molar-refractivity contribution in [3.8, 4) is 0 Å². The molecule has 4 heterocycles. The Kier molecular flexibility index (Phi) is 5.08. The molecule has 0 aliphatic carbocycles. The number of aromatic nitrogens is 1. The smallest absolute Gasteiger partial charge is 0.256 e. The number of piperidine rings is 3. The molecule has 1 amide bonds. The van der Waals surface area contributed by atoms with Crippen LogP contribution in [0.4, 0.5) is 4.39 Å². The molecule has 29 heavy (non-hydrogen) atoms. The first-order chi connectivity index (χ1) is 14.2. The van der Waals surface area contributed by atoms with Crippen molar-refractivity contribution >= 4 is 5.91 Å². The van der Waals surface area contributed by atoms with Gasteiger partial charge in [0, 0.05) is 37.9 Å². The lowest BCUT2D eigenvalue weighted by Crippen LogP contribution is -2.62. The number of carbonyl (C=O) groups excluding carboxylic acids is 1. The Labute approximate surface area is 171 Å². The molecule has 0 spiro atoms. The second-order valence-corrected chi connectivity index (χ2v) is 8.97. The number of likely N-dealkylation sites (tertiary alicyclic amines) is 1. The molecule has 2 bridgehead atoms. The van der Waals surface area contributed by atoms with Crippen LogP contribution in [0, 0.1) is 17.7 Å². The monoisotopic (exact) mass is 393 g/mol. The van der Waals surface area contributed by atoms with Gasteiger partial charge in [-0.1, -0.05) is 36.8 Å². The molecule has 1 aromatic carbocycles. The number of halogens is 1. The van der Waals surface area contributed by atoms with Gasteiger partial charge >= 0.3 is 0 Å². The summed E-state index contributed by atoms with van der Waals surface area (Å²) in [7, 11) is 0. The molecule has 5 heteroatoms. The van der Waals surface area contributed by atoms with E-state index in [-0.39, 0.29) is 11.5 Å². The lowest BCUT2D eigenvalue weighted by molar-refractivity contribution is -0.0499. The highest BCUT2D eigenvalue weighted by atomic mass is 19.1. The fourth-order valence-corrected chi connectivity index (χ4v) is 5.90. The number of fused-ring (bicyclic) bond motifs is 4. The third kappa shape index (κ3) is 3.68. The first-order valence-corrected chi connectivity index (χ1v) is 10.9. The lowest BCUT2D eigenvalue weighted by atomic mass is 9.74. The summed E-state index contributed by atoms with van der Waals surface area (Å²) in [5, 5.41) is 0. The zero-order valence-electron chi connectivity index (χ0n) is 16.7. The van der Waals surface area contributed by atoms with Crippen molar-refractivity contribution in [2.45, 2.75) is 44.2 Å². The van der Waals surface area contributed by atoms with Crippen LogP contribution >= 0.6 is 0 Å². The largest absolute Gasteiger partial charge is 0.338 e. The zero-order valence-corrected chi connectivity index (χ0v) is 16.7. The van der Waals surface area contributed by atoms with Crippen molar-refractivity contribution in [2.75, 3.05) is 19.6 Å². The predicted molar refractivity (Wildman–Crippen MR) is 110 cm³/mol. The molecule has 1 aromatic heterocycles. The van der Waals surface area contributed by atoms with Crippen LogP contribution in [0.25, 0.3) is 0 Å². The van der Waals surface area contributed by atoms with Gasteiger partial charge in [-0.3, -0.25) is 14.7 Å². The van der Waals surface area contributed by atoms with E-state index in [1.165, 1.54) is 43.5 Å². The van der Waals surface area contributed by atoms with Crippen LogP contribution in [0.5, 0.6) is 0 Å². The molecule has 3 aliphatic heterocycles. The highest BCUT2D eigenvalue weighted by Gasteiger charge is 2.45. The highest BCUT2D eigenvalue weighted by molar-refractivity contribution is 5.94. The van der Waals surface area contributed by atoms with Crippen LogP contribution in [0.1, 0.15) is 41.6 Å². The summed E-state index contributed by atoms with van der Waals surface area (Å²) in [5.41, 5.74) is 1.57. The molecule has 0 saturated carbocycles. The second kappa shape index (κ2) is 7.86. The maximum absolute atomic E-state index is 14.1. The topological polar surface area (TPSA) is 36.4 Å². The average Bonchev–Trinajstić information content (AvgIpc) is 2.75. The van der Waals surface area contributed by atoms with Crippen molar-refractivity contribution in [2.24, 2.45) is 11.8 Å². The van der Waals surface area contributed by atoms with Crippen LogP contribution in [-0.2, 0) is 6.42 Å². The molecule has 5 rings (SSSR count). The fraction of sp³-hybridized carbons (Fsp3) is 0.500. The van der Waals surface area contributed by atoms with Gasteiger partial charge in [0.15, 0.2) is 5.82 Å². The van der Waals surface area contributed by atoms with Gasteiger partial charge < -0.3 is 4.90 Å². The molecule has 0 unspecified atom stereocenters. The molecule has 0 radical (unpaired) electrons. The zero-order chi connectivity index (χ0) is 19.8. The first-order valence-electron chi connectivity index (χ1n) is 10.9. The Morgan fingerprint density at radius 3 is 2.79 bits per heavy atom. The van der Waals surface area contributed by atoms with E-state index in [4.69, 9.17) is 0 Å². The minimum Gasteiger partial charge on any atom is -0.338 e. The minimum absolute atomic E-state index is 0.155. The van der Waals surface area contributed by atoms with Crippen LogP contribution in [0.2, 0.25) is 0 Å². The number of benzene rings is 1. The molecule has 3 saturated heterocycles. The van der Waals surface area contributed by atoms with E-state index in [1.54, 1.807) is 0 Å². The molecule has 3 aliphatic rings. The van der Waals surface area contributed by atoms with Gasteiger partial charge in [0.25, 0.3) is 5.91 Å². The van der Waals surface area contributed by atoms with Crippen molar-refractivity contribution in [1.82, 2.24) is 14.8 Å². The summed E-state index contributed by atoms with van der Waals surface area (Å²) in [5.74, 6) is 0.283. The average molecular weight is 394 g/mol. The molecular formula is C24H28FN3O. The van der Waals surface area contributed by atoms with E-state index < -0.39 is 5.82 Å². The normalized spacial score (nSPS) is 29.3. The van der Waals surface area contributed by atoms with Gasteiger partial charge in [0.1, 0.15) is 0 Å². The highest BCUT2D eigenvalue weighted by Crippen LogP contribution is 2.40. The lowest BCUT2D eigenvalue weighted by Gasteiger charge is -2.55. The van der Waals surface area contributed by atoms with Crippen LogP contribution < -0.4 is 0 Å². The van der Waals surface area contributed by atoms with Crippen molar-refractivity contribution in [3.63, 3.8) is 0 Å². The van der Waals surface area contributed by atoms with Gasteiger partial charge in [0.2, 0.25) is 0 Å². The Hall–Kier alpha value is -2.27. The Bertz CT molecular complexity index is 873. The van der Waals surface area contributed by atoms with E-state index in [0.717, 1.165) is 32.3 Å². The van der Waals surface area contributed by atoms with Crippen molar-refractivity contribution in [1.29, 1.82) is 0 Å². The number of carbonyl (C=O) groups is 1. The third-order valence-corrected chi connectivity index (χ3v) is 7.12. The maximum Gasteiger partial charge on any atom is 0.256 e. The van der Waals surface area contributed by atoms with Gasteiger partial charge in [-0.2, -0.15) is 0 Å². The summed E-state index contributed by atoms with van der Waals surface area (Å²) in [4.78, 5) is 21.4. The quantitative estimate of drug-likeness (QED) is 0.796. The third-order valence-electron chi connectivity index (χ3n) is 7.12. The molecule has 4 atom stereocenters. The van der Waals surface area contributed by atoms with Crippen LogP contribution in [0.3, 0.4) is 0 Å². The summed E-state index contributed by atoms with van der Waals surface area (Å²) in [6.45, 7) is 2.54. The number of hydrogen-bond acceptors (Lipinski definition) is 3. The van der Waals surface area contributed by atoms with E-state index in [9.17, 15) is 9.18 Å². The molecule has 3 fully saturated rings.